The standard InChI is InChI=1S/C30H32F4N4O3S/c31-21-3-1-18(2-4-21)29(19-11-22(32)14-23(33)12-19)30(35)28(39)13-20-15-37-17-27(34)26(20)8-5-24-16-36-9-10-38(24)42(40,41)25-6-7-25/h1-4,11-12,14-15,17,24-25,29-30,36H,5-10,13,16,35H2/t24-,29-,30+/m0/s1. The highest BCUT2D eigenvalue weighted by Gasteiger charge is 2.43. The number of carbonyl (C=O) groups excluding carboxylic acids is 1. The number of nitrogens with zero attached hydrogens (tertiary/aromatic N) is 2. The molecule has 1 saturated heterocycles. The van der Waals surface area contributed by atoms with Crippen molar-refractivity contribution in [3.63, 3.8) is 0 Å². The Morgan fingerprint density at radius 3 is 2.36 bits per heavy atom. The number of nitrogens with two attached hydrogens (primary N) is 1. The lowest BCUT2D eigenvalue weighted by Crippen LogP contribution is -2.54. The summed E-state index contributed by atoms with van der Waals surface area (Å²) in [5.41, 5.74) is 7.40. The molecule has 2 aromatic carbocycles. The predicted molar refractivity (Wildman–Crippen MR) is 149 cm³/mol. The van der Waals surface area contributed by atoms with Crippen LogP contribution in [0.2, 0.25) is 0 Å². The molecule has 0 unspecified atom stereocenters. The first kappa shape index (κ1) is 30.3. The fourth-order valence-electron chi connectivity index (χ4n) is 5.65. The van der Waals surface area contributed by atoms with E-state index in [0.717, 1.165) is 30.5 Å². The van der Waals surface area contributed by atoms with Gasteiger partial charge in [0.15, 0.2) is 5.78 Å². The Bertz CT molecular complexity index is 1530. The maximum absolute atomic E-state index is 15.1. The average Bonchev–Trinajstić information content (AvgIpc) is 3.80. The van der Waals surface area contributed by atoms with E-state index in [1.165, 1.54) is 22.6 Å². The van der Waals surface area contributed by atoms with E-state index in [4.69, 9.17) is 5.73 Å². The lowest BCUT2D eigenvalue weighted by Gasteiger charge is -2.35. The quantitative estimate of drug-likeness (QED) is 0.324. The van der Waals surface area contributed by atoms with E-state index >= 15 is 4.39 Å². The number of hydrogen-bond donors (Lipinski definition) is 2. The minimum atomic E-state index is -3.42. The Kier molecular flexibility index (Phi) is 9.07. The van der Waals surface area contributed by atoms with Crippen LogP contribution in [0.3, 0.4) is 0 Å². The topological polar surface area (TPSA) is 105 Å². The molecule has 1 aromatic heterocycles. The van der Waals surface area contributed by atoms with Gasteiger partial charge in [-0.2, -0.15) is 4.31 Å². The van der Waals surface area contributed by atoms with Crippen molar-refractivity contribution >= 4 is 15.8 Å². The normalized spacial score (nSPS) is 19.4. The smallest absolute Gasteiger partial charge is 0.217 e. The molecule has 0 spiro atoms. The number of benzene rings is 2. The van der Waals surface area contributed by atoms with Crippen LogP contribution in [-0.2, 0) is 27.7 Å². The molecule has 7 nitrogen and oxygen atoms in total. The van der Waals surface area contributed by atoms with Crippen LogP contribution in [0.1, 0.15) is 47.4 Å². The molecule has 1 saturated carbocycles. The number of ketones is 1. The van der Waals surface area contributed by atoms with Crippen molar-refractivity contribution in [2.75, 3.05) is 19.6 Å². The molecule has 1 aliphatic carbocycles. The number of sulfonamides is 1. The molecule has 12 heteroatoms. The number of hydrogen-bond acceptors (Lipinski definition) is 6. The van der Waals surface area contributed by atoms with Crippen LogP contribution >= 0.6 is 0 Å². The summed E-state index contributed by atoms with van der Waals surface area (Å²) in [7, 11) is -3.42. The van der Waals surface area contributed by atoms with E-state index in [0.29, 0.717) is 56.1 Å². The first-order chi connectivity index (χ1) is 20.0. The molecule has 0 radical (unpaired) electrons. The van der Waals surface area contributed by atoms with Crippen LogP contribution in [0.4, 0.5) is 17.6 Å². The van der Waals surface area contributed by atoms with Crippen LogP contribution in [0.5, 0.6) is 0 Å². The first-order valence-electron chi connectivity index (χ1n) is 13.9. The van der Waals surface area contributed by atoms with Crippen molar-refractivity contribution in [1.29, 1.82) is 0 Å². The van der Waals surface area contributed by atoms with Crippen LogP contribution in [0.15, 0.2) is 54.9 Å². The molecule has 3 N–H and O–H groups in total. The van der Waals surface area contributed by atoms with Crippen LogP contribution < -0.4 is 11.1 Å². The Morgan fingerprint density at radius 1 is 1.00 bits per heavy atom. The van der Waals surface area contributed by atoms with E-state index < -0.39 is 51.0 Å². The number of rotatable bonds is 11. The van der Waals surface area contributed by atoms with Gasteiger partial charge in [0, 0.05) is 50.3 Å². The molecular formula is C30H32F4N4O3S. The maximum atomic E-state index is 15.1. The van der Waals surface area contributed by atoms with Gasteiger partial charge in [-0.15, -0.1) is 0 Å². The SMILES string of the molecule is N[C@H](C(=O)Cc1cncc(F)c1CC[C@H]1CNCCN1S(=O)(=O)C1CC1)[C@@H](c1ccc(F)cc1)c1cc(F)cc(F)c1. The zero-order chi connectivity index (χ0) is 30.0. The summed E-state index contributed by atoms with van der Waals surface area (Å²) < 4.78 is 84.5. The van der Waals surface area contributed by atoms with Gasteiger partial charge in [-0.3, -0.25) is 9.78 Å². The van der Waals surface area contributed by atoms with Gasteiger partial charge >= 0.3 is 0 Å². The Balaban J connectivity index is 1.37. The summed E-state index contributed by atoms with van der Waals surface area (Å²) in [6.45, 7) is 1.31. The maximum Gasteiger partial charge on any atom is 0.217 e. The second kappa shape index (κ2) is 12.6. The molecule has 2 heterocycles. The second-order valence-electron chi connectivity index (χ2n) is 10.9. The minimum Gasteiger partial charge on any atom is -0.321 e. The molecule has 3 atom stereocenters. The lowest BCUT2D eigenvalue weighted by atomic mass is 9.82. The van der Waals surface area contributed by atoms with E-state index in [1.807, 2.05) is 0 Å². The number of nitrogens with one attached hydrogen (secondary N) is 1. The zero-order valence-electron chi connectivity index (χ0n) is 22.8. The van der Waals surface area contributed by atoms with Gasteiger partial charge in [0.2, 0.25) is 10.0 Å². The van der Waals surface area contributed by atoms with Crippen molar-refractivity contribution in [1.82, 2.24) is 14.6 Å². The molecule has 224 valence electrons. The van der Waals surface area contributed by atoms with Gasteiger partial charge in [0.25, 0.3) is 0 Å². The highest BCUT2D eigenvalue weighted by atomic mass is 32.2. The van der Waals surface area contributed by atoms with Gasteiger partial charge in [0.05, 0.1) is 17.5 Å². The summed E-state index contributed by atoms with van der Waals surface area (Å²) in [4.78, 5) is 17.4. The van der Waals surface area contributed by atoms with Gasteiger partial charge in [-0.25, -0.2) is 26.0 Å². The number of piperazine rings is 1. The lowest BCUT2D eigenvalue weighted by molar-refractivity contribution is -0.119. The van der Waals surface area contributed by atoms with Crippen molar-refractivity contribution in [3.8, 4) is 0 Å². The van der Waals surface area contributed by atoms with Gasteiger partial charge < -0.3 is 11.1 Å². The third-order valence-corrected chi connectivity index (χ3v) is 10.4. The zero-order valence-corrected chi connectivity index (χ0v) is 23.6. The number of halogens is 4. The van der Waals surface area contributed by atoms with Gasteiger partial charge in [0.1, 0.15) is 23.3 Å². The van der Waals surface area contributed by atoms with Crippen LogP contribution in [-0.4, -0.2) is 60.5 Å². The van der Waals surface area contributed by atoms with E-state index in [1.54, 1.807) is 0 Å². The fourth-order valence-corrected chi connectivity index (χ4v) is 7.71. The van der Waals surface area contributed by atoms with Crippen molar-refractivity contribution < 1.29 is 30.8 Å². The Morgan fingerprint density at radius 2 is 1.69 bits per heavy atom. The Hall–Kier alpha value is -3.19. The number of Topliss-reactive ketones (excluding diaryl/α,β-unsaturated/α-hetero) is 1. The van der Waals surface area contributed by atoms with E-state index in [2.05, 4.69) is 10.3 Å². The third-order valence-electron chi connectivity index (χ3n) is 7.96. The molecule has 1 aliphatic heterocycles. The van der Waals surface area contributed by atoms with Gasteiger partial charge in [-0.05, 0) is 72.2 Å². The summed E-state index contributed by atoms with van der Waals surface area (Å²) in [5, 5.41) is 2.85. The van der Waals surface area contributed by atoms with Crippen molar-refractivity contribution in [2.24, 2.45) is 5.73 Å². The summed E-state index contributed by atoms with van der Waals surface area (Å²) >= 11 is 0. The van der Waals surface area contributed by atoms with E-state index in [-0.39, 0.29) is 35.3 Å². The highest BCUT2D eigenvalue weighted by Crippen LogP contribution is 2.34. The molecule has 2 fully saturated rings. The molecule has 5 rings (SSSR count). The first-order valence-corrected chi connectivity index (χ1v) is 15.4. The second-order valence-corrected chi connectivity index (χ2v) is 13.1. The van der Waals surface area contributed by atoms with Crippen LogP contribution in [0, 0.1) is 23.3 Å². The summed E-state index contributed by atoms with van der Waals surface area (Å²) in [5.74, 6) is -4.43. The molecule has 42 heavy (non-hydrogen) atoms. The number of pyridine rings is 1. The Labute approximate surface area is 242 Å². The fraction of sp³-hybridized carbons (Fsp3) is 0.400. The molecule has 0 bridgehead atoms. The summed E-state index contributed by atoms with van der Waals surface area (Å²) in [6, 6.07) is 6.27. The molecule has 2 aliphatic rings. The molecule has 3 aromatic rings. The summed E-state index contributed by atoms with van der Waals surface area (Å²) in [6.07, 6.45) is 3.87. The number of carbonyl (C=O) groups is 1. The third kappa shape index (κ3) is 6.72. The highest BCUT2D eigenvalue weighted by molar-refractivity contribution is 7.90. The monoisotopic (exact) mass is 604 g/mol. The average molecular weight is 605 g/mol. The van der Waals surface area contributed by atoms with Crippen molar-refractivity contribution in [3.05, 3.63) is 100 Å². The van der Waals surface area contributed by atoms with Gasteiger partial charge in [-0.1, -0.05) is 12.1 Å². The van der Waals surface area contributed by atoms with Crippen LogP contribution in [0.25, 0.3) is 0 Å². The molecule has 0 amide bonds. The minimum absolute atomic E-state index is 0.0966. The number of aromatic nitrogens is 1. The van der Waals surface area contributed by atoms with E-state index in [9.17, 15) is 26.4 Å². The molecular weight excluding hydrogens is 572 g/mol. The predicted octanol–water partition coefficient (Wildman–Crippen LogP) is 3.61. The van der Waals surface area contributed by atoms with Crippen molar-refractivity contribution in [2.45, 2.75) is 55.4 Å². The largest absolute Gasteiger partial charge is 0.321 e.